The lowest BCUT2D eigenvalue weighted by molar-refractivity contribution is -0.140. The molecule has 0 aliphatic carbocycles. The number of anilines is 1. The zero-order chi connectivity index (χ0) is 32.6. The lowest BCUT2D eigenvalue weighted by atomic mass is 10.0. The molecule has 4 aromatic carbocycles. The van der Waals surface area contributed by atoms with Crippen LogP contribution >= 0.6 is 23.2 Å². The van der Waals surface area contributed by atoms with Crippen LogP contribution in [0.3, 0.4) is 0 Å². The molecule has 0 aliphatic heterocycles. The molecule has 1 N–H and O–H groups in total. The highest BCUT2D eigenvalue weighted by Gasteiger charge is 2.35. The normalized spacial score (nSPS) is 12.6. The van der Waals surface area contributed by atoms with Crippen LogP contribution in [0.2, 0.25) is 10.0 Å². The third-order valence-electron chi connectivity index (χ3n) is 7.33. The summed E-state index contributed by atoms with van der Waals surface area (Å²) >= 11 is 12.5. The van der Waals surface area contributed by atoms with Gasteiger partial charge in [-0.25, -0.2) is 12.8 Å². The Labute approximate surface area is 273 Å². The summed E-state index contributed by atoms with van der Waals surface area (Å²) in [6.07, 6.45) is 0.830. The highest BCUT2D eigenvalue weighted by molar-refractivity contribution is 7.92. The minimum Gasteiger partial charge on any atom is -0.352 e. The van der Waals surface area contributed by atoms with Crippen LogP contribution in [0.4, 0.5) is 10.1 Å². The fraction of sp³-hybridized carbons (Fsp3) is 0.235. The highest BCUT2D eigenvalue weighted by atomic mass is 35.5. The fourth-order valence-corrected chi connectivity index (χ4v) is 6.44. The Balaban J connectivity index is 1.81. The molecule has 236 valence electrons. The van der Waals surface area contributed by atoms with Gasteiger partial charge in [0.15, 0.2) is 0 Å². The van der Waals surface area contributed by atoms with E-state index in [2.05, 4.69) is 5.32 Å². The average molecular weight is 671 g/mol. The van der Waals surface area contributed by atoms with E-state index < -0.39 is 34.3 Å². The summed E-state index contributed by atoms with van der Waals surface area (Å²) < 4.78 is 42.7. The van der Waals surface area contributed by atoms with Crippen LogP contribution < -0.4 is 9.62 Å². The highest BCUT2D eigenvalue weighted by Crippen LogP contribution is 2.27. The van der Waals surface area contributed by atoms with Crippen molar-refractivity contribution in [2.45, 2.75) is 50.2 Å². The van der Waals surface area contributed by atoms with Gasteiger partial charge in [-0.15, -0.1) is 0 Å². The van der Waals surface area contributed by atoms with Gasteiger partial charge in [0.05, 0.1) is 20.6 Å². The molecular formula is C34H34Cl2FN3O4S. The van der Waals surface area contributed by atoms with Gasteiger partial charge in [-0.1, -0.05) is 84.7 Å². The van der Waals surface area contributed by atoms with E-state index >= 15 is 0 Å². The van der Waals surface area contributed by atoms with E-state index in [-0.39, 0.29) is 40.5 Å². The zero-order valence-electron chi connectivity index (χ0n) is 24.9. The second kappa shape index (κ2) is 15.4. The molecule has 0 heterocycles. The Kier molecular flexibility index (Phi) is 11.6. The number of nitrogens with one attached hydrogen (secondary N) is 1. The Morgan fingerprint density at radius 2 is 1.47 bits per heavy atom. The maximum absolute atomic E-state index is 14.4. The van der Waals surface area contributed by atoms with E-state index in [4.69, 9.17) is 23.2 Å². The van der Waals surface area contributed by atoms with Crippen LogP contribution in [-0.4, -0.2) is 43.8 Å². The number of hydrogen-bond donors (Lipinski definition) is 1. The largest absolute Gasteiger partial charge is 0.352 e. The number of amides is 2. The first kappa shape index (κ1) is 34.0. The van der Waals surface area contributed by atoms with Gasteiger partial charge < -0.3 is 10.2 Å². The minimum atomic E-state index is -4.28. The number of benzene rings is 4. The van der Waals surface area contributed by atoms with E-state index in [9.17, 15) is 22.4 Å². The molecule has 4 rings (SSSR count). The van der Waals surface area contributed by atoms with Gasteiger partial charge in [-0.2, -0.15) is 0 Å². The number of nitrogens with zero attached hydrogens (tertiary/aromatic N) is 2. The van der Waals surface area contributed by atoms with Crippen molar-refractivity contribution < 1.29 is 22.4 Å². The third-order valence-corrected chi connectivity index (χ3v) is 9.86. The average Bonchev–Trinajstić information content (AvgIpc) is 3.04. The molecule has 0 saturated carbocycles. The monoisotopic (exact) mass is 669 g/mol. The Morgan fingerprint density at radius 1 is 0.844 bits per heavy atom. The van der Waals surface area contributed by atoms with E-state index in [1.165, 1.54) is 29.2 Å². The molecule has 0 aliphatic rings. The summed E-state index contributed by atoms with van der Waals surface area (Å²) in [5, 5.41) is 3.58. The van der Waals surface area contributed by atoms with E-state index in [0.717, 1.165) is 22.0 Å². The van der Waals surface area contributed by atoms with Crippen molar-refractivity contribution in [2.24, 2.45) is 0 Å². The number of carbonyl (C=O) groups is 2. The van der Waals surface area contributed by atoms with Gasteiger partial charge in [-0.3, -0.25) is 13.9 Å². The van der Waals surface area contributed by atoms with Crippen LogP contribution in [0.1, 0.15) is 31.4 Å². The standard InChI is InChI=1S/C34H34Cl2FN3O4S/c1-3-24(2)38-34(42)32(21-25-10-6-4-7-11-25)39(22-26-14-19-30(35)31(36)20-26)33(41)23-40(28-17-15-27(37)16-18-28)45(43,44)29-12-8-5-9-13-29/h4-20,24,32H,3,21-23H2,1-2H3,(H,38,42)/t24-,32+/m0/s1. The molecule has 0 spiro atoms. The van der Waals surface area contributed by atoms with Crippen molar-refractivity contribution in [2.75, 3.05) is 10.8 Å². The number of hydrogen-bond acceptors (Lipinski definition) is 4. The topological polar surface area (TPSA) is 86.8 Å². The molecule has 4 aromatic rings. The van der Waals surface area contributed by atoms with Crippen molar-refractivity contribution in [1.29, 1.82) is 0 Å². The molecule has 11 heteroatoms. The molecule has 0 saturated heterocycles. The van der Waals surface area contributed by atoms with Gasteiger partial charge in [0, 0.05) is 19.0 Å². The molecule has 45 heavy (non-hydrogen) atoms. The van der Waals surface area contributed by atoms with Crippen LogP contribution in [0.25, 0.3) is 0 Å². The Morgan fingerprint density at radius 3 is 2.07 bits per heavy atom. The van der Waals surface area contributed by atoms with Crippen molar-refractivity contribution in [3.05, 3.63) is 130 Å². The Hall–Kier alpha value is -3.92. The second-order valence-corrected chi connectivity index (χ2v) is 13.3. The molecule has 0 fully saturated rings. The van der Waals surface area contributed by atoms with Gasteiger partial charge in [0.1, 0.15) is 18.4 Å². The first-order chi connectivity index (χ1) is 21.5. The maximum Gasteiger partial charge on any atom is 0.264 e. The predicted molar refractivity (Wildman–Crippen MR) is 176 cm³/mol. The van der Waals surface area contributed by atoms with E-state index in [1.807, 2.05) is 44.2 Å². The van der Waals surface area contributed by atoms with E-state index in [1.54, 1.807) is 36.4 Å². The van der Waals surface area contributed by atoms with Crippen LogP contribution in [0, 0.1) is 5.82 Å². The molecule has 7 nitrogen and oxygen atoms in total. The lowest BCUT2D eigenvalue weighted by Gasteiger charge is -2.34. The smallest absolute Gasteiger partial charge is 0.264 e. The zero-order valence-corrected chi connectivity index (χ0v) is 27.2. The van der Waals surface area contributed by atoms with Crippen molar-refractivity contribution in [3.8, 4) is 0 Å². The summed E-state index contributed by atoms with van der Waals surface area (Å²) in [5.41, 5.74) is 1.49. The SMILES string of the molecule is CC[C@H](C)NC(=O)[C@@H](Cc1ccccc1)N(Cc1ccc(Cl)c(Cl)c1)C(=O)CN(c1ccc(F)cc1)S(=O)(=O)c1ccccc1. The molecule has 2 atom stereocenters. The molecule has 0 radical (unpaired) electrons. The maximum atomic E-state index is 14.4. The number of carbonyl (C=O) groups excluding carboxylic acids is 2. The lowest BCUT2D eigenvalue weighted by Crippen LogP contribution is -2.54. The summed E-state index contributed by atoms with van der Waals surface area (Å²) in [6, 6.07) is 25.4. The van der Waals surface area contributed by atoms with Crippen molar-refractivity contribution in [3.63, 3.8) is 0 Å². The molecule has 0 aromatic heterocycles. The van der Waals surface area contributed by atoms with Crippen LogP contribution in [0.15, 0.2) is 108 Å². The predicted octanol–water partition coefficient (Wildman–Crippen LogP) is 6.88. The van der Waals surface area contributed by atoms with Gasteiger partial charge in [-0.05, 0) is 73.0 Å². The van der Waals surface area contributed by atoms with Gasteiger partial charge >= 0.3 is 0 Å². The number of halogens is 3. The van der Waals surface area contributed by atoms with E-state index in [0.29, 0.717) is 17.0 Å². The summed E-state index contributed by atoms with van der Waals surface area (Å²) in [5.74, 6) is -1.60. The number of sulfonamides is 1. The van der Waals surface area contributed by atoms with Crippen LogP contribution in [-0.2, 0) is 32.6 Å². The first-order valence-corrected chi connectivity index (χ1v) is 16.6. The summed E-state index contributed by atoms with van der Waals surface area (Å²) in [7, 11) is -4.28. The third kappa shape index (κ3) is 8.84. The molecule has 0 bridgehead atoms. The van der Waals surface area contributed by atoms with Gasteiger partial charge in [0.2, 0.25) is 11.8 Å². The minimum absolute atomic E-state index is 0.0477. The summed E-state index contributed by atoms with van der Waals surface area (Å²) in [6.45, 7) is 3.08. The van der Waals surface area contributed by atoms with Crippen molar-refractivity contribution in [1.82, 2.24) is 10.2 Å². The fourth-order valence-electron chi connectivity index (χ4n) is 4.69. The van der Waals surface area contributed by atoms with Crippen molar-refractivity contribution >= 4 is 50.7 Å². The van der Waals surface area contributed by atoms with Crippen LogP contribution in [0.5, 0.6) is 0 Å². The first-order valence-electron chi connectivity index (χ1n) is 14.4. The molecule has 2 amide bonds. The Bertz CT molecular complexity index is 1710. The second-order valence-electron chi connectivity index (χ2n) is 10.6. The summed E-state index contributed by atoms with van der Waals surface area (Å²) in [4.78, 5) is 29.6. The quantitative estimate of drug-likeness (QED) is 0.168. The van der Waals surface area contributed by atoms with Gasteiger partial charge in [0.25, 0.3) is 10.0 Å². The molecular weight excluding hydrogens is 636 g/mol. The molecule has 0 unspecified atom stereocenters. The number of rotatable bonds is 13.